The Balaban J connectivity index is 1.55. The monoisotopic (exact) mass is 382 g/mol. The van der Waals surface area contributed by atoms with Gasteiger partial charge in [0.25, 0.3) is 0 Å². The molecule has 28 heavy (non-hydrogen) atoms. The van der Waals surface area contributed by atoms with Gasteiger partial charge in [0.05, 0.1) is 0 Å². The van der Waals surface area contributed by atoms with Gasteiger partial charge in [-0.2, -0.15) is 0 Å². The highest BCUT2D eigenvalue weighted by Gasteiger charge is 2.33. The molecule has 1 saturated heterocycles. The van der Waals surface area contributed by atoms with E-state index in [0.717, 1.165) is 67.6 Å². The highest BCUT2D eigenvalue weighted by atomic mass is 15.2. The minimum Gasteiger partial charge on any atom is -0.402 e. The SMILES string of the molecule is CCCc1cc(N2CCC(NCC3CC3)C2)nc(C2(N)C=CC(C)=C(N)C2)n1. The molecule has 1 aromatic rings. The number of rotatable bonds is 7. The van der Waals surface area contributed by atoms with Gasteiger partial charge in [-0.1, -0.05) is 25.5 Å². The van der Waals surface area contributed by atoms with Gasteiger partial charge >= 0.3 is 0 Å². The fourth-order valence-electron chi connectivity index (χ4n) is 4.08. The molecular formula is C22H34N6. The van der Waals surface area contributed by atoms with Crippen LogP contribution in [0, 0.1) is 5.92 Å². The molecule has 0 aromatic carbocycles. The summed E-state index contributed by atoms with van der Waals surface area (Å²) < 4.78 is 0. The van der Waals surface area contributed by atoms with Crippen molar-refractivity contribution in [1.29, 1.82) is 0 Å². The van der Waals surface area contributed by atoms with Crippen LogP contribution >= 0.6 is 0 Å². The van der Waals surface area contributed by atoms with Crippen LogP contribution in [0.25, 0.3) is 0 Å². The summed E-state index contributed by atoms with van der Waals surface area (Å²) in [6, 6.07) is 2.70. The first-order valence-electron chi connectivity index (χ1n) is 10.8. The molecule has 2 atom stereocenters. The molecule has 3 aliphatic rings. The molecule has 6 nitrogen and oxygen atoms in total. The molecule has 2 fully saturated rings. The molecule has 0 radical (unpaired) electrons. The first-order valence-corrected chi connectivity index (χ1v) is 10.8. The van der Waals surface area contributed by atoms with E-state index in [1.54, 1.807) is 0 Å². The van der Waals surface area contributed by atoms with Gasteiger partial charge in [-0.15, -0.1) is 0 Å². The smallest absolute Gasteiger partial charge is 0.155 e. The van der Waals surface area contributed by atoms with Crippen LogP contribution < -0.4 is 21.7 Å². The van der Waals surface area contributed by atoms with Crippen molar-refractivity contribution >= 4 is 5.82 Å². The van der Waals surface area contributed by atoms with E-state index in [4.69, 9.17) is 21.4 Å². The second-order valence-electron chi connectivity index (χ2n) is 8.83. The van der Waals surface area contributed by atoms with Crippen LogP contribution in [0.15, 0.2) is 29.5 Å². The molecule has 0 amide bonds. The maximum absolute atomic E-state index is 6.72. The van der Waals surface area contributed by atoms with Crippen LogP contribution in [0.3, 0.4) is 0 Å². The van der Waals surface area contributed by atoms with Gasteiger partial charge in [0, 0.05) is 43.0 Å². The number of anilines is 1. The summed E-state index contributed by atoms with van der Waals surface area (Å²) in [4.78, 5) is 12.1. The Bertz CT molecular complexity index is 781. The van der Waals surface area contributed by atoms with Gasteiger partial charge in [0.2, 0.25) is 0 Å². The number of allylic oxidation sites excluding steroid dienone is 2. The van der Waals surface area contributed by atoms with Crippen molar-refractivity contribution in [1.82, 2.24) is 15.3 Å². The number of nitrogens with one attached hydrogen (secondary N) is 1. The molecule has 0 bridgehead atoms. The largest absolute Gasteiger partial charge is 0.402 e. The summed E-state index contributed by atoms with van der Waals surface area (Å²) in [5, 5.41) is 3.74. The summed E-state index contributed by atoms with van der Waals surface area (Å²) >= 11 is 0. The molecule has 0 spiro atoms. The molecule has 2 unspecified atom stereocenters. The van der Waals surface area contributed by atoms with Crippen LogP contribution in [0.5, 0.6) is 0 Å². The molecule has 2 heterocycles. The Labute approximate surface area is 168 Å². The van der Waals surface area contributed by atoms with E-state index in [9.17, 15) is 0 Å². The number of hydrogen-bond donors (Lipinski definition) is 3. The Morgan fingerprint density at radius 2 is 2.11 bits per heavy atom. The quantitative estimate of drug-likeness (QED) is 0.670. The van der Waals surface area contributed by atoms with E-state index in [1.807, 2.05) is 19.1 Å². The normalized spacial score (nSPS) is 27.7. The summed E-state index contributed by atoms with van der Waals surface area (Å²) in [5.74, 6) is 2.61. The van der Waals surface area contributed by atoms with Gasteiger partial charge in [-0.25, -0.2) is 9.97 Å². The van der Waals surface area contributed by atoms with Crippen molar-refractivity contribution < 1.29 is 0 Å². The topological polar surface area (TPSA) is 93.1 Å². The van der Waals surface area contributed by atoms with E-state index in [0.29, 0.717) is 18.3 Å². The predicted molar refractivity (Wildman–Crippen MR) is 114 cm³/mol. The Morgan fingerprint density at radius 3 is 2.82 bits per heavy atom. The number of nitrogens with zero attached hydrogens (tertiary/aromatic N) is 3. The van der Waals surface area contributed by atoms with Crippen molar-refractivity contribution in [2.75, 3.05) is 24.5 Å². The molecule has 4 rings (SSSR count). The van der Waals surface area contributed by atoms with E-state index in [2.05, 4.69) is 23.2 Å². The van der Waals surface area contributed by atoms with Gasteiger partial charge in [0.15, 0.2) is 5.82 Å². The number of aryl methyl sites for hydroxylation is 1. The van der Waals surface area contributed by atoms with Crippen molar-refractivity contribution in [2.24, 2.45) is 17.4 Å². The summed E-state index contributed by atoms with van der Waals surface area (Å²) in [7, 11) is 0. The maximum atomic E-state index is 6.72. The number of aromatic nitrogens is 2. The molecule has 1 saturated carbocycles. The van der Waals surface area contributed by atoms with Crippen LogP contribution in [-0.2, 0) is 12.0 Å². The number of nitrogens with two attached hydrogens (primary N) is 2. The average Bonchev–Trinajstić information content (AvgIpc) is 3.39. The standard InChI is InChI=1S/C22H34N6/c1-3-4-17-11-20(28-10-8-18(14-28)25-13-16-5-6-16)27-21(26-17)22(24)9-7-15(2)19(23)12-22/h7,9,11,16,18,25H,3-6,8,10,12-14,23-24H2,1-2H3. The molecule has 1 aliphatic heterocycles. The predicted octanol–water partition coefficient (Wildman–Crippen LogP) is 2.35. The lowest BCUT2D eigenvalue weighted by atomic mass is 9.87. The van der Waals surface area contributed by atoms with Gasteiger partial charge in [0.1, 0.15) is 11.4 Å². The van der Waals surface area contributed by atoms with E-state index in [1.165, 1.54) is 12.8 Å². The van der Waals surface area contributed by atoms with E-state index >= 15 is 0 Å². The van der Waals surface area contributed by atoms with E-state index in [-0.39, 0.29) is 0 Å². The van der Waals surface area contributed by atoms with E-state index < -0.39 is 5.54 Å². The fraction of sp³-hybridized carbons (Fsp3) is 0.636. The third-order valence-electron chi connectivity index (χ3n) is 6.21. The Morgan fingerprint density at radius 1 is 1.29 bits per heavy atom. The highest BCUT2D eigenvalue weighted by molar-refractivity contribution is 5.44. The third-order valence-corrected chi connectivity index (χ3v) is 6.21. The summed E-state index contributed by atoms with van der Waals surface area (Å²) in [6.45, 7) is 7.39. The van der Waals surface area contributed by atoms with Crippen molar-refractivity contribution in [3.63, 3.8) is 0 Å². The zero-order chi connectivity index (χ0) is 19.7. The van der Waals surface area contributed by atoms with Gasteiger partial charge in [-0.3, -0.25) is 0 Å². The fourth-order valence-corrected chi connectivity index (χ4v) is 4.08. The average molecular weight is 383 g/mol. The van der Waals surface area contributed by atoms with Crippen LogP contribution in [-0.4, -0.2) is 35.6 Å². The zero-order valence-corrected chi connectivity index (χ0v) is 17.2. The minimum absolute atomic E-state index is 0.552. The van der Waals surface area contributed by atoms with Crippen LogP contribution in [0.1, 0.15) is 57.5 Å². The molecule has 1 aromatic heterocycles. The third kappa shape index (κ3) is 4.23. The van der Waals surface area contributed by atoms with Crippen molar-refractivity contribution in [3.8, 4) is 0 Å². The Hall–Kier alpha value is -1.92. The highest BCUT2D eigenvalue weighted by Crippen LogP contribution is 2.32. The first-order chi connectivity index (χ1) is 13.5. The molecule has 6 heteroatoms. The molecule has 2 aliphatic carbocycles. The lowest BCUT2D eigenvalue weighted by molar-refractivity contribution is 0.502. The second kappa shape index (κ2) is 7.84. The lowest BCUT2D eigenvalue weighted by Gasteiger charge is -2.30. The van der Waals surface area contributed by atoms with Gasteiger partial charge < -0.3 is 21.7 Å². The summed E-state index contributed by atoms with van der Waals surface area (Å²) in [6.07, 6.45) is 10.5. The minimum atomic E-state index is -0.731. The lowest BCUT2D eigenvalue weighted by Crippen LogP contribution is -2.40. The summed E-state index contributed by atoms with van der Waals surface area (Å²) in [5.41, 5.74) is 15.2. The molecular weight excluding hydrogens is 348 g/mol. The first kappa shape index (κ1) is 19.4. The zero-order valence-electron chi connectivity index (χ0n) is 17.2. The van der Waals surface area contributed by atoms with Crippen molar-refractivity contribution in [2.45, 2.75) is 64.0 Å². The number of hydrogen-bond acceptors (Lipinski definition) is 6. The molecule has 152 valence electrons. The maximum Gasteiger partial charge on any atom is 0.155 e. The Kier molecular flexibility index (Phi) is 5.43. The van der Waals surface area contributed by atoms with Gasteiger partial charge in [-0.05, 0) is 50.6 Å². The second-order valence-corrected chi connectivity index (χ2v) is 8.83. The van der Waals surface area contributed by atoms with Crippen LogP contribution in [0.2, 0.25) is 0 Å². The van der Waals surface area contributed by atoms with Crippen LogP contribution in [0.4, 0.5) is 5.82 Å². The van der Waals surface area contributed by atoms with Crippen molar-refractivity contribution in [3.05, 3.63) is 41.0 Å². The molecule has 5 N–H and O–H groups in total.